The zero-order valence-electron chi connectivity index (χ0n) is 16.3. The Labute approximate surface area is 171 Å². The Morgan fingerprint density at radius 2 is 1.97 bits per heavy atom. The average Bonchev–Trinajstić information content (AvgIpc) is 2.54. The van der Waals surface area contributed by atoms with Gasteiger partial charge in [-0.1, -0.05) is 11.6 Å². The highest BCUT2D eigenvalue weighted by atomic mass is 35.5. The number of anilines is 1. The number of benzene rings is 1. The van der Waals surface area contributed by atoms with Crippen molar-refractivity contribution in [3.63, 3.8) is 0 Å². The maximum Gasteiger partial charge on any atom is 0.407 e. The summed E-state index contributed by atoms with van der Waals surface area (Å²) in [6.07, 6.45) is -0.558. The molecule has 0 spiro atoms. The number of carbonyl (C=O) groups is 3. The predicted octanol–water partition coefficient (Wildman–Crippen LogP) is 2.85. The molecule has 10 heteroatoms. The maximum absolute atomic E-state index is 14.8. The molecule has 29 heavy (non-hydrogen) atoms. The number of piperidine rings is 1. The van der Waals surface area contributed by atoms with Crippen LogP contribution in [0.3, 0.4) is 0 Å². The number of hydrogen-bond acceptors (Lipinski definition) is 5. The van der Waals surface area contributed by atoms with Gasteiger partial charge in [-0.25, -0.2) is 13.6 Å². The van der Waals surface area contributed by atoms with Crippen LogP contribution in [0.25, 0.3) is 0 Å². The third-order valence-electron chi connectivity index (χ3n) is 4.71. The topological polar surface area (TPSA) is 87.7 Å². The molecule has 1 atom stereocenters. The summed E-state index contributed by atoms with van der Waals surface area (Å²) in [6, 6.07) is 0.829. The number of ether oxygens (including phenoxy) is 1. The molecular formula is C19H22ClF2N3O4. The number of carbonyl (C=O) groups excluding carboxylic acids is 3. The van der Waals surface area contributed by atoms with Crippen LogP contribution in [0.15, 0.2) is 6.07 Å². The fourth-order valence-electron chi connectivity index (χ4n) is 3.36. The van der Waals surface area contributed by atoms with Crippen molar-refractivity contribution in [3.8, 4) is 0 Å². The molecule has 2 saturated heterocycles. The van der Waals surface area contributed by atoms with E-state index in [0.717, 1.165) is 6.07 Å². The third kappa shape index (κ3) is 4.60. The van der Waals surface area contributed by atoms with Gasteiger partial charge in [0.15, 0.2) is 5.82 Å². The second-order valence-corrected chi connectivity index (χ2v) is 8.55. The first-order valence-corrected chi connectivity index (χ1v) is 9.59. The lowest BCUT2D eigenvalue weighted by atomic mass is 9.89. The van der Waals surface area contributed by atoms with Gasteiger partial charge >= 0.3 is 6.09 Å². The van der Waals surface area contributed by atoms with Gasteiger partial charge in [-0.3, -0.25) is 14.9 Å². The Balaban J connectivity index is 1.71. The Hall–Kier alpha value is -2.42. The van der Waals surface area contributed by atoms with Gasteiger partial charge in [-0.15, -0.1) is 0 Å². The fourth-order valence-corrected chi connectivity index (χ4v) is 3.63. The summed E-state index contributed by atoms with van der Waals surface area (Å²) in [4.78, 5) is 36.7. The SMILES string of the molecule is CC(C)(C)OC(=O)NC1CN(c2cc(F)c(C3CCC(=O)NC3=O)c(F)c2Cl)C1. The van der Waals surface area contributed by atoms with E-state index in [-0.39, 0.29) is 29.6 Å². The molecule has 2 aliphatic rings. The monoisotopic (exact) mass is 429 g/mol. The van der Waals surface area contributed by atoms with E-state index < -0.39 is 46.6 Å². The molecule has 1 aromatic rings. The zero-order chi connectivity index (χ0) is 21.5. The Bertz CT molecular complexity index is 866. The molecule has 0 radical (unpaired) electrons. The second-order valence-electron chi connectivity index (χ2n) is 8.17. The Morgan fingerprint density at radius 1 is 1.31 bits per heavy atom. The van der Waals surface area contributed by atoms with Gasteiger partial charge in [0.1, 0.15) is 16.4 Å². The Kier molecular flexibility index (Phi) is 5.71. The first-order chi connectivity index (χ1) is 13.5. The summed E-state index contributed by atoms with van der Waals surface area (Å²) in [5.74, 6) is -4.25. The van der Waals surface area contributed by atoms with Crippen LogP contribution >= 0.6 is 11.6 Å². The number of alkyl carbamates (subject to hydrolysis) is 1. The molecule has 0 bridgehead atoms. The van der Waals surface area contributed by atoms with Gasteiger partial charge in [0.25, 0.3) is 0 Å². The average molecular weight is 430 g/mol. The van der Waals surface area contributed by atoms with Crippen LogP contribution in [-0.2, 0) is 14.3 Å². The number of halogens is 3. The lowest BCUT2D eigenvalue weighted by Gasteiger charge is -2.42. The zero-order valence-corrected chi connectivity index (χ0v) is 17.0. The van der Waals surface area contributed by atoms with Crippen LogP contribution in [0.1, 0.15) is 45.1 Å². The maximum atomic E-state index is 14.8. The van der Waals surface area contributed by atoms with Gasteiger partial charge in [-0.05, 0) is 33.3 Å². The standard InChI is InChI=1S/C19H22ClF2N3O4/c1-19(2,3)29-18(28)23-9-7-25(8-9)12-6-11(21)14(16(22)15(12)20)10-4-5-13(26)24-17(10)27/h6,9-10H,4-5,7-8H2,1-3H3,(H,23,28)(H,24,26,27). The molecule has 7 nitrogen and oxygen atoms in total. The van der Waals surface area contributed by atoms with E-state index in [0.29, 0.717) is 13.1 Å². The van der Waals surface area contributed by atoms with E-state index in [4.69, 9.17) is 16.3 Å². The van der Waals surface area contributed by atoms with Crippen molar-refractivity contribution >= 4 is 35.2 Å². The first kappa shape index (κ1) is 21.3. The van der Waals surface area contributed by atoms with Gasteiger partial charge < -0.3 is 15.0 Å². The van der Waals surface area contributed by atoms with Crippen LogP contribution in [0.2, 0.25) is 5.02 Å². The van der Waals surface area contributed by atoms with Crippen LogP contribution in [-0.4, -0.2) is 42.6 Å². The molecule has 0 aliphatic carbocycles. The highest BCUT2D eigenvalue weighted by Crippen LogP contribution is 2.39. The summed E-state index contributed by atoms with van der Waals surface area (Å²) in [6.45, 7) is 5.84. The second kappa shape index (κ2) is 7.78. The van der Waals surface area contributed by atoms with Crippen LogP contribution < -0.4 is 15.5 Å². The van der Waals surface area contributed by atoms with Crippen molar-refractivity contribution in [3.05, 3.63) is 28.3 Å². The van der Waals surface area contributed by atoms with E-state index in [9.17, 15) is 23.2 Å². The van der Waals surface area contributed by atoms with E-state index in [1.165, 1.54) is 0 Å². The summed E-state index contributed by atoms with van der Waals surface area (Å²) in [5, 5.41) is 4.46. The Morgan fingerprint density at radius 3 is 2.55 bits per heavy atom. The van der Waals surface area contributed by atoms with E-state index >= 15 is 0 Å². The molecule has 2 fully saturated rings. The number of nitrogens with one attached hydrogen (secondary N) is 2. The van der Waals surface area contributed by atoms with Crippen LogP contribution in [0, 0.1) is 11.6 Å². The van der Waals surface area contributed by atoms with Gasteiger partial charge in [0, 0.05) is 25.1 Å². The molecular weight excluding hydrogens is 408 g/mol. The highest BCUT2D eigenvalue weighted by Gasteiger charge is 2.36. The van der Waals surface area contributed by atoms with Gasteiger partial charge in [0.05, 0.1) is 17.6 Å². The van der Waals surface area contributed by atoms with Crippen molar-refractivity contribution in [2.45, 2.75) is 51.2 Å². The summed E-state index contributed by atoms with van der Waals surface area (Å²) in [5.41, 5.74) is -0.928. The number of hydrogen-bond donors (Lipinski definition) is 2. The molecule has 3 amide bonds. The van der Waals surface area contributed by atoms with Gasteiger partial charge in [-0.2, -0.15) is 0 Å². The van der Waals surface area contributed by atoms with E-state index in [1.807, 2.05) is 0 Å². The summed E-state index contributed by atoms with van der Waals surface area (Å²) >= 11 is 6.12. The number of nitrogens with zero attached hydrogens (tertiary/aromatic N) is 1. The molecule has 2 N–H and O–H groups in total. The smallest absolute Gasteiger partial charge is 0.407 e. The lowest BCUT2D eigenvalue weighted by molar-refractivity contribution is -0.134. The van der Waals surface area contributed by atoms with Crippen molar-refractivity contribution in [2.24, 2.45) is 0 Å². The molecule has 2 aliphatic heterocycles. The minimum absolute atomic E-state index is 0.00119. The summed E-state index contributed by atoms with van der Waals surface area (Å²) in [7, 11) is 0. The van der Waals surface area contributed by atoms with Crippen molar-refractivity contribution < 1.29 is 27.9 Å². The lowest BCUT2D eigenvalue weighted by Crippen LogP contribution is -2.60. The first-order valence-electron chi connectivity index (χ1n) is 9.22. The largest absolute Gasteiger partial charge is 0.444 e. The molecule has 1 unspecified atom stereocenters. The quantitative estimate of drug-likeness (QED) is 0.570. The fraction of sp³-hybridized carbons (Fsp3) is 0.526. The number of amides is 3. The summed E-state index contributed by atoms with van der Waals surface area (Å²) < 4.78 is 34.7. The van der Waals surface area contributed by atoms with Crippen molar-refractivity contribution in [1.82, 2.24) is 10.6 Å². The minimum Gasteiger partial charge on any atom is -0.444 e. The minimum atomic E-state index is -1.11. The van der Waals surface area contributed by atoms with Crippen LogP contribution in [0.5, 0.6) is 0 Å². The number of imide groups is 1. The highest BCUT2D eigenvalue weighted by molar-refractivity contribution is 6.33. The van der Waals surface area contributed by atoms with Crippen LogP contribution in [0.4, 0.5) is 19.3 Å². The molecule has 0 aromatic heterocycles. The molecule has 3 rings (SSSR count). The molecule has 158 valence electrons. The third-order valence-corrected chi connectivity index (χ3v) is 5.07. The van der Waals surface area contributed by atoms with E-state index in [2.05, 4.69) is 10.6 Å². The number of rotatable bonds is 3. The van der Waals surface area contributed by atoms with Gasteiger partial charge in [0.2, 0.25) is 11.8 Å². The van der Waals surface area contributed by atoms with Crippen molar-refractivity contribution in [2.75, 3.05) is 18.0 Å². The molecule has 2 heterocycles. The molecule has 0 saturated carbocycles. The molecule has 1 aromatic carbocycles. The van der Waals surface area contributed by atoms with E-state index in [1.54, 1.807) is 25.7 Å². The van der Waals surface area contributed by atoms with Crippen molar-refractivity contribution in [1.29, 1.82) is 0 Å². The normalized spacial score (nSPS) is 20.2. The predicted molar refractivity (Wildman–Crippen MR) is 102 cm³/mol.